The van der Waals surface area contributed by atoms with Gasteiger partial charge in [-0.05, 0) is 25.7 Å². The van der Waals surface area contributed by atoms with Gasteiger partial charge in [0.2, 0.25) is 0 Å². The normalized spacial score (nSPS) is 29.4. The van der Waals surface area contributed by atoms with Crippen molar-refractivity contribution in [2.45, 2.75) is 56.7 Å². The van der Waals surface area contributed by atoms with Crippen LogP contribution in [0.15, 0.2) is 4.99 Å². The van der Waals surface area contributed by atoms with E-state index in [0.717, 1.165) is 32.7 Å². The van der Waals surface area contributed by atoms with Gasteiger partial charge in [0.15, 0.2) is 5.96 Å². The first-order valence-electron chi connectivity index (χ1n) is 8.08. The minimum Gasteiger partial charge on any atom is -0.378 e. The second kappa shape index (κ2) is 7.97. The van der Waals surface area contributed by atoms with Crippen molar-refractivity contribution in [2.24, 2.45) is 10.7 Å². The highest BCUT2D eigenvalue weighted by Gasteiger charge is 2.40. The molecular weight excluding hydrogens is 381 g/mol. The summed E-state index contributed by atoms with van der Waals surface area (Å²) < 4.78 is 11.6. The Kier molecular flexibility index (Phi) is 6.55. The molecule has 21 heavy (non-hydrogen) atoms. The molecule has 3 fully saturated rings. The van der Waals surface area contributed by atoms with Crippen LogP contribution >= 0.6 is 24.0 Å². The summed E-state index contributed by atoms with van der Waals surface area (Å²) in [5, 5.41) is 0. The number of nitrogens with zero attached hydrogens (tertiary/aromatic N) is 2. The van der Waals surface area contributed by atoms with E-state index in [1.807, 2.05) is 0 Å². The molecule has 1 aliphatic carbocycles. The minimum absolute atomic E-state index is 0. The molecule has 2 aliphatic heterocycles. The Morgan fingerprint density at radius 1 is 1.14 bits per heavy atom. The summed E-state index contributed by atoms with van der Waals surface area (Å²) in [6.45, 7) is 3.92. The fourth-order valence-electron chi connectivity index (χ4n) is 3.68. The molecule has 1 spiro atoms. The van der Waals surface area contributed by atoms with E-state index in [-0.39, 0.29) is 35.7 Å². The highest BCUT2D eigenvalue weighted by atomic mass is 127. The number of halogens is 1. The van der Waals surface area contributed by atoms with Crippen LogP contribution < -0.4 is 5.73 Å². The summed E-state index contributed by atoms with van der Waals surface area (Å²) in [7, 11) is 0. The Labute approximate surface area is 144 Å². The molecule has 0 aromatic rings. The Hall–Kier alpha value is -0.0800. The first kappa shape index (κ1) is 17.3. The van der Waals surface area contributed by atoms with E-state index in [2.05, 4.69) is 9.89 Å². The number of morpholine rings is 1. The van der Waals surface area contributed by atoms with Gasteiger partial charge in [-0.25, -0.2) is 0 Å². The number of ether oxygens (including phenoxy) is 2. The molecule has 1 atom stereocenters. The van der Waals surface area contributed by atoms with Gasteiger partial charge in [0, 0.05) is 13.1 Å². The lowest BCUT2D eigenvalue weighted by Crippen LogP contribution is -2.45. The van der Waals surface area contributed by atoms with Crippen molar-refractivity contribution in [1.29, 1.82) is 0 Å². The summed E-state index contributed by atoms with van der Waals surface area (Å²) >= 11 is 0. The van der Waals surface area contributed by atoms with Crippen molar-refractivity contribution >= 4 is 29.9 Å². The van der Waals surface area contributed by atoms with Crippen molar-refractivity contribution in [2.75, 3.05) is 32.8 Å². The third-order valence-corrected chi connectivity index (χ3v) is 4.90. The summed E-state index contributed by atoms with van der Waals surface area (Å²) in [6.07, 6.45) is 9.13. The van der Waals surface area contributed by atoms with Crippen LogP contribution in [0, 0.1) is 0 Å². The molecule has 1 unspecified atom stereocenters. The number of rotatable bonds is 2. The first-order chi connectivity index (χ1) is 9.77. The second-order valence-corrected chi connectivity index (χ2v) is 6.32. The van der Waals surface area contributed by atoms with E-state index in [1.54, 1.807) is 0 Å². The fraction of sp³-hybridized carbons (Fsp3) is 0.933. The van der Waals surface area contributed by atoms with E-state index in [1.165, 1.54) is 38.5 Å². The number of aliphatic imine (C=N–C) groups is 1. The number of guanidine groups is 1. The van der Waals surface area contributed by atoms with Crippen molar-refractivity contribution in [3.63, 3.8) is 0 Å². The molecule has 2 saturated heterocycles. The summed E-state index contributed by atoms with van der Waals surface area (Å²) in [5.74, 6) is 0.654. The monoisotopic (exact) mass is 409 g/mol. The lowest BCUT2D eigenvalue weighted by atomic mass is 9.83. The van der Waals surface area contributed by atoms with Crippen LogP contribution in [0.3, 0.4) is 0 Å². The SMILES string of the molecule is I.NC(=NCC1CCC2(CCCCC2)O1)N1CCOCC1. The van der Waals surface area contributed by atoms with Gasteiger partial charge < -0.3 is 20.1 Å². The largest absolute Gasteiger partial charge is 0.378 e. The van der Waals surface area contributed by atoms with Crippen molar-refractivity contribution in [3.8, 4) is 0 Å². The van der Waals surface area contributed by atoms with E-state index >= 15 is 0 Å². The Morgan fingerprint density at radius 3 is 2.57 bits per heavy atom. The zero-order chi connectivity index (χ0) is 13.8. The quantitative estimate of drug-likeness (QED) is 0.431. The van der Waals surface area contributed by atoms with Gasteiger partial charge in [-0.2, -0.15) is 0 Å². The molecule has 0 bridgehead atoms. The third-order valence-electron chi connectivity index (χ3n) is 4.90. The van der Waals surface area contributed by atoms with Gasteiger partial charge in [-0.15, -0.1) is 24.0 Å². The molecule has 3 rings (SSSR count). The van der Waals surface area contributed by atoms with Crippen LogP contribution in [0.5, 0.6) is 0 Å². The van der Waals surface area contributed by atoms with Gasteiger partial charge >= 0.3 is 0 Å². The molecular formula is C15H28IN3O2. The highest BCUT2D eigenvalue weighted by Crippen LogP contribution is 2.41. The van der Waals surface area contributed by atoms with Crippen molar-refractivity contribution in [1.82, 2.24) is 4.90 Å². The zero-order valence-electron chi connectivity index (χ0n) is 12.8. The van der Waals surface area contributed by atoms with E-state index < -0.39 is 0 Å². The fourth-order valence-corrected chi connectivity index (χ4v) is 3.68. The number of hydrogen-bond donors (Lipinski definition) is 1. The topological polar surface area (TPSA) is 60.1 Å². The molecule has 0 amide bonds. The number of nitrogens with two attached hydrogens (primary N) is 1. The molecule has 3 aliphatic rings. The van der Waals surface area contributed by atoms with Gasteiger partial charge in [0.05, 0.1) is 31.5 Å². The maximum absolute atomic E-state index is 6.32. The van der Waals surface area contributed by atoms with Gasteiger partial charge in [-0.1, -0.05) is 19.3 Å². The third kappa shape index (κ3) is 4.45. The number of hydrogen-bond acceptors (Lipinski definition) is 3. The average Bonchev–Trinajstić information content (AvgIpc) is 2.89. The standard InChI is InChI=1S/C15H27N3O2.HI/c16-14(18-8-10-19-11-9-18)17-12-13-4-7-15(20-13)5-2-1-3-6-15;/h13H,1-12H2,(H2,16,17);1H. The molecule has 6 heteroatoms. The molecule has 0 radical (unpaired) electrons. The smallest absolute Gasteiger partial charge is 0.191 e. The molecule has 1 saturated carbocycles. The van der Waals surface area contributed by atoms with Crippen LogP contribution in [-0.2, 0) is 9.47 Å². The predicted molar refractivity (Wildman–Crippen MR) is 94.2 cm³/mol. The van der Waals surface area contributed by atoms with Crippen molar-refractivity contribution < 1.29 is 9.47 Å². The van der Waals surface area contributed by atoms with Crippen molar-refractivity contribution in [3.05, 3.63) is 0 Å². The van der Waals surface area contributed by atoms with Crippen LogP contribution in [0.1, 0.15) is 44.9 Å². The lowest BCUT2D eigenvalue weighted by Gasteiger charge is -2.33. The summed E-state index contributed by atoms with van der Waals surface area (Å²) in [4.78, 5) is 6.65. The highest BCUT2D eigenvalue weighted by molar-refractivity contribution is 14.0. The van der Waals surface area contributed by atoms with Crippen LogP contribution in [0.2, 0.25) is 0 Å². The summed E-state index contributed by atoms with van der Waals surface area (Å²) in [6, 6.07) is 0. The van der Waals surface area contributed by atoms with E-state index in [0.29, 0.717) is 12.5 Å². The Morgan fingerprint density at radius 2 is 1.86 bits per heavy atom. The molecule has 0 aromatic heterocycles. The van der Waals surface area contributed by atoms with Gasteiger partial charge in [-0.3, -0.25) is 4.99 Å². The van der Waals surface area contributed by atoms with E-state index in [9.17, 15) is 0 Å². The van der Waals surface area contributed by atoms with Gasteiger partial charge in [0.1, 0.15) is 0 Å². The lowest BCUT2D eigenvalue weighted by molar-refractivity contribution is -0.0599. The summed E-state index contributed by atoms with van der Waals surface area (Å²) in [5.41, 5.74) is 6.25. The van der Waals surface area contributed by atoms with Gasteiger partial charge in [0.25, 0.3) is 0 Å². The van der Waals surface area contributed by atoms with Crippen LogP contribution in [0.4, 0.5) is 0 Å². The predicted octanol–water partition coefficient (Wildman–Crippen LogP) is 2.13. The van der Waals surface area contributed by atoms with Crippen LogP contribution in [0.25, 0.3) is 0 Å². The molecule has 2 heterocycles. The Bertz CT molecular complexity index is 353. The molecule has 2 N–H and O–H groups in total. The van der Waals surface area contributed by atoms with Crippen LogP contribution in [-0.4, -0.2) is 55.4 Å². The first-order valence-corrected chi connectivity index (χ1v) is 8.08. The molecule has 122 valence electrons. The minimum atomic E-state index is 0. The molecule has 0 aromatic carbocycles. The molecule has 5 nitrogen and oxygen atoms in total. The Balaban J connectivity index is 0.00000161. The zero-order valence-corrected chi connectivity index (χ0v) is 15.1. The maximum atomic E-state index is 6.32. The second-order valence-electron chi connectivity index (χ2n) is 6.32. The maximum Gasteiger partial charge on any atom is 0.191 e. The average molecular weight is 409 g/mol. The van der Waals surface area contributed by atoms with E-state index in [4.69, 9.17) is 15.2 Å².